The van der Waals surface area contributed by atoms with E-state index in [4.69, 9.17) is 10.8 Å². The van der Waals surface area contributed by atoms with Crippen molar-refractivity contribution in [3.63, 3.8) is 0 Å². The molecule has 0 aliphatic rings. The van der Waals surface area contributed by atoms with Crippen molar-refractivity contribution < 1.29 is 5.11 Å². The first-order chi connectivity index (χ1) is 3.95. The van der Waals surface area contributed by atoms with E-state index < -0.39 is 0 Å². The Hall–Kier alpha value is -0.0800. The zero-order chi connectivity index (χ0) is 7.49. The van der Waals surface area contributed by atoms with Crippen LogP contribution in [0.2, 0.25) is 0 Å². The number of aliphatic hydroxyl groups is 1. The van der Waals surface area contributed by atoms with Crippen LogP contribution in [0.3, 0.4) is 0 Å². The minimum absolute atomic E-state index is 0.137. The molecule has 0 rings (SSSR count). The zero-order valence-electron chi connectivity index (χ0n) is 6.52. The lowest BCUT2D eigenvalue weighted by Crippen LogP contribution is -2.34. The fourth-order valence-corrected chi connectivity index (χ4v) is 0.963. The SMILES string of the molecule is C[C@@H](CO)CC(C)(C)N. The van der Waals surface area contributed by atoms with Gasteiger partial charge in [-0.05, 0) is 26.2 Å². The molecule has 2 nitrogen and oxygen atoms in total. The van der Waals surface area contributed by atoms with Gasteiger partial charge in [-0.3, -0.25) is 0 Å². The first-order valence-corrected chi connectivity index (χ1v) is 3.35. The normalized spacial score (nSPS) is 15.7. The van der Waals surface area contributed by atoms with Crippen LogP contribution >= 0.6 is 0 Å². The van der Waals surface area contributed by atoms with Crippen molar-refractivity contribution in [3.05, 3.63) is 0 Å². The first-order valence-electron chi connectivity index (χ1n) is 3.35. The summed E-state index contributed by atoms with van der Waals surface area (Å²) < 4.78 is 0. The second kappa shape index (κ2) is 3.18. The molecule has 0 spiro atoms. The Labute approximate surface area is 57.1 Å². The van der Waals surface area contributed by atoms with Crippen LogP contribution in [0.1, 0.15) is 27.2 Å². The summed E-state index contributed by atoms with van der Waals surface area (Å²) in [7, 11) is 0. The van der Waals surface area contributed by atoms with Crippen LogP contribution in [0.25, 0.3) is 0 Å². The van der Waals surface area contributed by atoms with Gasteiger partial charge < -0.3 is 10.8 Å². The number of hydrogen-bond acceptors (Lipinski definition) is 2. The molecule has 2 heteroatoms. The summed E-state index contributed by atoms with van der Waals surface area (Å²) >= 11 is 0. The maximum absolute atomic E-state index is 8.64. The van der Waals surface area contributed by atoms with Crippen molar-refractivity contribution in [3.8, 4) is 0 Å². The Morgan fingerprint density at radius 3 is 2.11 bits per heavy atom. The molecule has 3 N–H and O–H groups in total. The number of aliphatic hydroxyl groups excluding tert-OH is 1. The fraction of sp³-hybridized carbons (Fsp3) is 1.00. The molecule has 0 saturated heterocycles. The van der Waals surface area contributed by atoms with E-state index in [0.29, 0.717) is 5.92 Å². The topological polar surface area (TPSA) is 46.2 Å². The molecule has 0 unspecified atom stereocenters. The summed E-state index contributed by atoms with van der Waals surface area (Å²) in [5.74, 6) is 0.324. The summed E-state index contributed by atoms with van der Waals surface area (Å²) in [6.45, 7) is 6.17. The second-order valence-electron chi connectivity index (χ2n) is 3.48. The van der Waals surface area contributed by atoms with Crippen LogP contribution in [0.4, 0.5) is 0 Å². The van der Waals surface area contributed by atoms with E-state index in [-0.39, 0.29) is 12.1 Å². The molecule has 0 aromatic heterocycles. The highest BCUT2D eigenvalue weighted by Crippen LogP contribution is 2.11. The van der Waals surface area contributed by atoms with Crippen molar-refractivity contribution in [2.45, 2.75) is 32.7 Å². The minimum atomic E-state index is -0.137. The molecule has 0 aliphatic carbocycles. The summed E-state index contributed by atoms with van der Waals surface area (Å²) in [4.78, 5) is 0. The van der Waals surface area contributed by atoms with Gasteiger partial charge in [0.2, 0.25) is 0 Å². The molecule has 56 valence electrons. The van der Waals surface area contributed by atoms with Gasteiger partial charge in [0.05, 0.1) is 0 Å². The first kappa shape index (κ1) is 8.92. The van der Waals surface area contributed by atoms with Gasteiger partial charge in [0.1, 0.15) is 0 Å². The van der Waals surface area contributed by atoms with Gasteiger partial charge in [-0.2, -0.15) is 0 Å². The molecular weight excluding hydrogens is 114 g/mol. The van der Waals surface area contributed by atoms with Crippen LogP contribution < -0.4 is 5.73 Å². The number of hydrogen-bond donors (Lipinski definition) is 2. The molecule has 0 amide bonds. The molecule has 0 aromatic rings. The molecular formula is C7H17NO. The lowest BCUT2D eigenvalue weighted by atomic mass is 9.93. The van der Waals surface area contributed by atoms with Gasteiger partial charge in [-0.1, -0.05) is 6.92 Å². The number of nitrogens with two attached hydrogens (primary N) is 1. The average Bonchev–Trinajstić information content (AvgIpc) is 1.62. The summed E-state index contributed by atoms with van der Waals surface area (Å²) in [5, 5.41) is 8.64. The highest BCUT2D eigenvalue weighted by molar-refractivity contribution is 4.73. The second-order valence-corrected chi connectivity index (χ2v) is 3.48. The smallest absolute Gasteiger partial charge is 0.0457 e. The molecule has 0 bridgehead atoms. The van der Waals surface area contributed by atoms with Gasteiger partial charge in [0.15, 0.2) is 0 Å². The highest BCUT2D eigenvalue weighted by atomic mass is 16.3. The molecule has 0 aliphatic heterocycles. The highest BCUT2D eigenvalue weighted by Gasteiger charge is 2.14. The summed E-state index contributed by atoms with van der Waals surface area (Å²) in [6.07, 6.45) is 0.878. The molecule has 9 heavy (non-hydrogen) atoms. The standard InChI is InChI=1S/C7H17NO/c1-6(5-9)4-7(2,3)8/h6,9H,4-5,8H2,1-3H3/t6-/m1/s1. The molecule has 0 aromatic carbocycles. The average molecular weight is 131 g/mol. The van der Waals surface area contributed by atoms with E-state index in [2.05, 4.69) is 0 Å². The Morgan fingerprint density at radius 1 is 1.56 bits per heavy atom. The van der Waals surface area contributed by atoms with Crippen LogP contribution in [0.5, 0.6) is 0 Å². The third-order valence-corrected chi connectivity index (χ3v) is 1.19. The third-order valence-electron chi connectivity index (χ3n) is 1.19. The van der Waals surface area contributed by atoms with E-state index in [9.17, 15) is 0 Å². The van der Waals surface area contributed by atoms with Gasteiger partial charge in [-0.15, -0.1) is 0 Å². The van der Waals surface area contributed by atoms with Crippen LogP contribution in [-0.2, 0) is 0 Å². The quantitative estimate of drug-likeness (QED) is 0.593. The molecule has 0 radical (unpaired) electrons. The van der Waals surface area contributed by atoms with Crippen LogP contribution in [0, 0.1) is 5.92 Å². The van der Waals surface area contributed by atoms with Gasteiger partial charge in [0.25, 0.3) is 0 Å². The van der Waals surface area contributed by atoms with Crippen molar-refractivity contribution in [1.82, 2.24) is 0 Å². The lowest BCUT2D eigenvalue weighted by molar-refractivity contribution is 0.210. The van der Waals surface area contributed by atoms with Crippen molar-refractivity contribution in [2.24, 2.45) is 11.7 Å². The monoisotopic (exact) mass is 131 g/mol. The van der Waals surface area contributed by atoms with Gasteiger partial charge >= 0.3 is 0 Å². The van der Waals surface area contributed by atoms with Gasteiger partial charge in [-0.25, -0.2) is 0 Å². The van der Waals surface area contributed by atoms with Crippen molar-refractivity contribution in [2.75, 3.05) is 6.61 Å². The molecule has 0 fully saturated rings. The summed E-state index contributed by atoms with van der Waals surface area (Å²) in [6, 6.07) is 0. The zero-order valence-corrected chi connectivity index (χ0v) is 6.52. The third kappa shape index (κ3) is 5.80. The molecule has 1 atom stereocenters. The Morgan fingerprint density at radius 2 is 2.00 bits per heavy atom. The minimum Gasteiger partial charge on any atom is -0.396 e. The number of rotatable bonds is 3. The maximum atomic E-state index is 8.64. The largest absolute Gasteiger partial charge is 0.396 e. The van der Waals surface area contributed by atoms with E-state index in [1.54, 1.807) is 0 Å². The summed E-state index contributed by atoms with van der Waals surface area (Å²) in [5.41, 5.74) is 5.56. The van der Waals surface area contributed by atoms with Crippen molar-refractivity contribution in [1.29, 1.82) is 0 Å². The Kier molecular flexibility index (Phi) is 3.15. The molecule has 0 heterocycles. The Balaban J connectivity index is 3.47. The Bertz CT molecular complexity index is 75.5. The van der Waals surface area contributed by atoms with E-state index in [0.717, 1.165) is 6.42 Å². The fourth-order valence-electron chi connectivity index (χ4n) is 0.963. The van der Waals surface area contributed by atoms with Crippen molar-refractivity contribution >= 4 is 0 Å². The van der Waals surface area contributed by atoms with E-state index >= 15 is 0 Å². The van der Waals surface area contributed by atoms with E-state index in [1.807, 2.05) is 20.8 Å². The van der Waals surface area contributed by atoms with E-state index in [1.165, 1.54) is 0 Å². The maximum Gasteiger partial charge on any atom is 0.0457 e. The lowest BCUT2D eigenvalue weighted by Gasteiger charge is -2.21. The van der Waals surface area contributed by atoms with Gasteiger partial charge in [0, 0.05) is 12.1 Å². The van der Waals surface area contributed by atoms with Crippen LogP contribution in [-0.4, -0.2) is 17.3 Å². The van der Waals surface area contributed by atoms with Crippen LogP contribution in [0.15, 0.2) is 0 Å². The predicted octanol–water partition coefficient (Wildman–Crippen LogP) is 0.742. The molecule has 0 saturated carbocycles. The predicted molar refractivity (Wildman–Crippen MR) is 39.1 cm³/mol.